The van der Waals surface area contributed by atoms with Gasteiger partial charge < -0.3 is 10.6 Å². The van der Waals surface area contributed by atoms with Crippen molar-refractivity contribution in [3.63, 3.8) is 0 Å². The Hall–Kier alpha value is -1.93. The van der Waals surface area contributed by atoms with Gasteiger partial charge in [0.15, 0.2) is 0 Å². The van der Waals surface area contributed by atoms with Crippen LogP contribution in [0.3, 0.4) is 0 Å². The molecule has 0 radical (unpaired) electrons. The van der Waals surface area contributed by atoms with Gasteiger partial charge in [0.1, 0.15) is 0 Å². The summed E-state index contributed by atoms with van der Waals surface area (Å²) in [6, 6.07) is 6.46. The second-order valence-electron chi connectivity index (χ2n) is 9.12. The Bertz CT molecular complexity index is 808. The molecule has 158 valence electrons. The van der Waals surface area contributed by atoms with E-state index in [0.717, 1.165) is 59.7 Å². The van der Waals surface area contributed by atoms with Crippen molar-refractivity contribution in [2.45, 2.75) is 72.8 Å². The van der Waals surface area contributed by atoms with Crippen LogP contribution in [0.4, 0.5) is 0 Å². The maximum Gasteiger partial charge on any atom is 0.0422 e. The van der Waals surface area contributed by atoms with E-state index in [4.69, 9.17) is 11.6 Å². The third-order valence-electron chi connectivity index (χ3n) is 5.43. The first-order valence-corrected chi connectivity index (χ1v) is 11.1. The molecular formula is C26H37ClN2. The SMILES string of the molecule is C=C(CCC)NC1=CCC(N/C(=C/C(=C)C(C)(C)C)c2cc(Cl)ccc2C)CC1. The molecule has 2 N–H and O–H groups in total. The van der Waals surface area contributed by atoms with Crippen LogP contribution in [0, 0.1) is 12.3 Å². The minimum Gasteiger partial charge on any atom is -0.381 e. The highest BCUT2D eigenvalue weighted by Gasteiger charge is 2.19. The minimum atomic E-state index is 0.0165. The quantitative estimate of drug-likeness (QED) is 0.431. The molecule has 0 amide bonds. The third kappa shape index (κ3) is 7.12. The number of nitrogens with one attached hydrogen (secondary N) is 2. The van der Waals surface area contributed by atoms with E-state index in [1.165, 1.54) is 11.3 Å². The summed E-state index contributed by atoms with van der Waals surface area (Å²) in [5.74, 6) is 0. The van der Waals surface area contributed by atoms with Gasteiger partial charge in [-0.1, -0.05) is 71.0 Å². The van der Waals surface area contributed by atoms with Gasteiger partial charge in [0.25, 0.3) is 0 Å². The molecule has 0 bridgehead atoms. The molecule has 0 spiro atoms. The fourth-order valence-corrected chi connectivity index (χ4v) is 3.53. The monoisotopic (exact) mass is 412 g/mol. The number of allylic oxidation sites excluding steroid dienone is 4. The summed E-state index contributed by atoms with van der Waals surface area (Å²) in [6.45, 7) is 19.3. The lowest BCUT2D eigenvalue weighted by Crippen LogP contribution is -2.31. The van der Waals surface area contributed by atoms with Gasteiger partial charge in [0.05, 0.1) is 0 Å². The van der Waals surface area contributed by atoms with E-state index < -0.39 is 0 Å². The number of hydrogen-bond donors (Lipinski definition) is 2. The largest absolute Gasteiger partial charge is 0.381 e. The van der Waals surface area contributed by atoms with Crippen molar-refractivity contribution in [3.05, 3.63) is 76.6 Å². The van der Waals surface area contributed by atoms with Gasteiger partial charge in [-0.25, -0.2) is 0 Å². The lowest BCUT2D eigenvalue weighted by molar-refractivity contribution is 0.511. The highest BCUT2D eigenvalue weighted by atomic mass is 35.5. The predicted molar refractivity (Wildman–Crippen MR) is 129 cm³/mol. The fraction of sp³-hybridized carbons (Fsp3) is 0.462. The van der Waals surface area contributed by atoms with Crippen molar-refractivity contribution in [2.24, 2.45) is 5.41 Å². The van der Waals surface area contributed by atoms with Crippen molar-refractivity contribution in [2.75, 3.05) is 0 Å². The van der Waals surface area contributed by atoms with Gasteiger partial charge in [0, 0.05) is 33.7 Å². The number of benzene rings is 1. The van der Waals surface area contributed by atoms with Crippen LogP contribution in [0.15, 0.2) is 60.5 Å². The Labute approximate surface area is 182 Å². The topological polar surface area (TPSA) is 24.1 Å². The molecule has 1 aliphatic rings. The Balaban J connectivity index is 2.20. The molecule has 29 heavy (non-hydrogen) atoms. The van der Waals surface area contributed by atoms with Crippen molar-refractivity contribution in [3.8, 4) is 0 Å². The zero-order chi connectivity index (χ0) is 21.6. The van der Waals surface area contributed by atoms with Gasteiger partial charge >= 0.3 is 0 Å². The molecule has 2 rings (SSSR count). The molecule has 0 saturated heterocycles. The van der Waals surface area contributed by atoms with Crippen LogP contribution in [-0.4, -0.2) is 6.04 Å². The minimum absolute atomic E-state index is 0.0165. The summed E-state index contributed by atoms with van der Waals surface area (Å²) in [4.78, 5) is 0. The van der Waals surface area contributed by atoms with Gasteiger partial charge in [-0.2, -0.15) is 0 Å². The summed E-state index contributed by atoms with van der Waals surface area (Å²) in [6.07, 6.45) is 9.74. The molecule has 2 nitrogen and oxygen atoms in total. The number of rotatable bonds is 8. The van der Waals surface area contributed by atoms with Crippen LogP contribution >= 0.6 is 11.6 Å². The number of aryl methyl sites for hydroxylation is 1. The Morgan fingerprint density at radius 2 is 2.00 bits per heavy atom. The Kier molecular flexibility index (Phi) is 8.22. The van der Waals surface area contributed by atoms with E-state index in [0.29, 0.717) is 6.04 Å². The molecule has 1 aromatic carbocycles. The highest BCUT2D eigenvalue weighted by molar-refractivity contribution is 6.30. The van der Waals surface area contributed by atoms with Crippen LogP contribution in [0.1, 0.15) is 70.9 Å². The Morgan fingerprint density at radius 3 is 2.59 bits per heavy atom. The van der Waals surface area contributed by atoms with Gasteiger partial charge in [0.2, 0.25) is 0 Å². The predicted octanol–water partition coefficient (Wildman–Crippen LogP) is 7.52. The van der Waals surface area contributed by atoms with Crippen molar-refractivity contribution >= 4 is 17.3 Å². The highest BCUT2D eigenvalue weighted by Crippen LogP contribution is 2.30. The molecule has 1 aliphatic carbocycles. The molecule has 0 heterocycles. The van der Waals surface area contributed by atoms with Crippen molar-refractivity contribution < 1.29 is 0 Å². The lowest BCUT2D eigenvalue weighted by atomic mass is 9.86. The summed E-state index contributed by atoms with van der Waals surface area (Å²) >= 11 is 6.32. The van der Waals surface area contributed by atoms with Crippen LogP contribution in [0.2, 0.25) is 5.02 Å². The first kappa shape index (κ1) is 23.3. The summed E-state index contributed by atoms with van der Waals surface area (Å²) < 4.78 is 0. The standard InChI is InChI=1S/C26H37ClN2/c1-8-9-20(4)28-22-12-14-23(15-13-22)29-25(16-19(3)26(5,6)7)24-17-21(27)11-10-18(24)2/h10-12,16-17,23,28-29H,3-4,8-9,13-15H2,1-2,5-7H3/b25-16+. The Morgan fingerprint density at radius 1 is 1.28 bits per heavy atom. The molecule has 0 fully saturated rings. The van der Waals surface area contributed by atoms with Crippen molar-refractivity contribution in [1.29, 1.82) is 0 Å². The average molecular weight is 413 g/mol. The van der Waals surface area contributed by atoms with Crippen LogP contribution in [0.5, 0.6) is 0 Å². The normalized spacial score (nSPS) is 17.5. The van der Waals surface area contributed by atoms with Gasteiger partial charge in [-0.15, -0.1) is 0 Å². The van der Waals surface area contributed by atoms with Crippen LogP contribution in [0.25, 0.3) is 5.70 Å². The summed E-state index contributed by atoms with van der Waals surface area (Å²) in [5.41, 5.74) is 6.99. The van der Waals surface area contributed by atoms with Crippen LogP contribution < -0.4 is 10.6 Å². The first-order valence-electron chi connectivity index (χ1n) is 10.7. The fourth-order valence-electron chi connectivity index (χ4n) is 3.36. The van der Waals surface area contributed by atoms with E-state index >= 15 is 0 Å². The second-order valence-corrected chi connectivity index (χ2v) is 9.55. The van der Waals surface area contributed by atoms with Gasteiger partial charge in [-0.3, -0.25) is 0 Å². The van der Waals surface area contributed by atoms with Gasteiger partial charge in [-0.05, 0) is 67.4 Å². The smallest absolute Gasteiger partial charge is 0.0422 e. The number of hydrogen-bond acceptors (Lipinski definition) is 2. The van der Waals surface area contributed by atoms with E-state index in [1.54, 1.807) is 0 Å². The van der Waals surface area contributed by atoms with E-state index in [2.05, 4.69) is 76.6 Å². The molecule has 0 aliphatic heterocycles. The maximum atomic E-state index is 6.32. The second kappa shape index (κ2) is 10.2. The van der Waals surface area contributed by atoms with E-state index in [1.807, 2.05) is 12.1 Å². The third-order valence-corrected chi connectivity index (χ3v) is 5.67. The molecule has 0 aromatic heterocycles. The van der Waals surface area contributed by atoms with Crippen molar-refractivity contribution in [1.82, 2.24) is 10.6 Å². The summed E-state index contributed by atoms with van der Waals surface area (Å²) in [5, 5.41) is 8.03. The van der Waals surface area contributed by atoms with Crippen LogP contribution in [-0.2, 0) is 0 Å². The molecule has 0 saturated carbocycles. The zero-order valence-electron chi connectivity index (χ0n) is 18.8. The van der Waals surface area contributed by atoms with E-state index in [-0.39, 0.29) is 5.41 Å². The maximum absolute atomic E-state index is 6.32. The average Bonchev–Trinajstić information content (AvgIpc) is 2.64. The lowest BCUT2D eigenvalue weighted by Gasteiger charge is -2.28. The van der Waals surface area contributed by atoms with E-state index in [9.17, 15) is 0 Å². The molecule has 1 unspecified atom stereocenters. The zero-order valence-corrected chi connectivity index (χ0v) is 19.5. The molecule has 1 aromatic rings. The summed E-state index contributed by atoms with van der Waals surface area (Å²) in [7, 11) is 0. The molecule has 1 atom stereocenters. The first-order chi connectivity index (χ1) is 13.6. The number of halogens is 1. The molecular weight excluding hydrogens is 376 g/mol. The molecule has 3 heteroatoms.